The Morgan fingerprint density at radius 3 is 2.57 bits per heavy atom. The molecule has 9 heteroatoms. The fraction of sp³-hybridized carbons (Fsp3) is 0.429. The first-order valence-corrected chi connectivity index (χ1v) is 8.42. The van der Waals surface area contributed by atoms with Gasteiger partial charge in [0, 0.05) is 12.1 Å². The average Bonchev–Trinajstić information content (AvgIpc) is 2.49. The molecule has 0 unspecified atom stereocenters. The van der Waals surface area contributed by atoms with E-state index in [9.17, 15) is 24.8 Å². The summed E-state index contributed by atoms with van der Waals surface area (Å²) in [5.74, 6) is -0.161. The molecule has 1 saturated heterocycles. The maximum Gasteiger partial charge on any atom is 0.329 e. The van der Waals surface area contributed by atoms with Gasteiger partial charge in [-0.05, 0) is 29.9 Å². The third-order valence-electron chi connectivity index (χ3n) is 3.73. The Hall–Kier alpha value is -1.80. The van der Waals surface area contributed by atoms with Gasteiger partial charge in [0.25, 0.3) is 5.69 Å². The molecule has 0 radical (unpaired) electrons. The van der Waals surface area contributed by atoms with Crippen LogP contribution in [0.15, 0.2) is 18.2 Å². The second-order valence-corrected chi connectivity index (χ2v) is 6.89. The number of aliphatic carboxylic acids is 1. The van der Waals surface area contributed by atoms with E-state index in [1.54, 1.807) is 11.8 Å². The molecule has 1 aromatic carbocycles. The Bertz CT molecular complexity index is 646. The zero-order valence-electron chi connectivity index (χ0n) is 12.1. The predicted octanol–water partition coefficient (Wildman–Crippen LogP) is 2.26. The molecule has 1 aliphatic heterocycles. The summed E-state index contributed by atoms with van der Waals surface area (Å²) in [5.41, 5.74) is -0.985. The fourth-order valence-electron chi connectivity index (χ4n) is 2.39. The van der Waals surface area contributed by atoms with Crippen molar-refractivity contribution in [1.82, 2.24) is 5.32 Å². The summed E-state index contributed by atoms with van der Waals surface area (Å²) in [6.45, 7) is 0. The molecular formula is C14H15ClN2O5S. The van der Waals surface area contributed by atoms with Gasteiger partial charge in [0.05, 0.1) is 16.4 Å². The molecule has 0 atom stereocenters. The number of nitrogens with zero attached hydrogens (tertiary/aromatic N) is 1. The fourth-order valence-corrected chi connectivity index (χ4v) is 3.82. The zero-order chi connectivity index (χ0) is 17.0. The van der Waals surface area contributed by atoms with E-state index in [1.165, 1.54) is 18.2 Å². The smallest absolute Gasteiger partial charge is 0.329 e. The molecule has 1 aliphatic rings. The second-order valence-electron chi connectivity index (χ2n) is 5.26. The van der Waals surface area contributed by atoms with Crippen molar-refractivity contribution >= 4 is 40.9 Å². The monoisotopic (exact) mass is 358 g/mol. The molecule has 0 bridgehead atoms. The Morgan fingerprint density at radius 1 is 1.39 bits per heavy atom. The van der Waals surface area contributed by atoms with Crippen molar-refractivity contribution in [2.24, 2.45) is 0 Å². The lowest BCUT2D eigenvalue weighted by Crippen LogP contribution is -2.56. The van der Waals surface area contributed by atoms with Crippen molar-refractivity contribution in [3.05, 3.63) is 38.9 Å². The second kappa shape index (κ2) is 7.18. The standard InChI is InChI=1S/C14H15ClN2O5S/c15-11-8-10(17(21)22)2-1-9(11)7-12(18)16-14(13(19)20)3-5-23-6-4-14/h1-2,8H,3-7H2,(H,16,18)(H,19,20). The van der Waals surface area contributed by atoms with Crippen LogP contribution in [0, 0.1) is 10.1 Å². The van der Waals surface area contributed by atoms with Crippen LogP contribution in [0.4, 0.5) is 5.69 Å². The highest BCUT2D eigenvalue weighted by molar-refractivity contribution is 7.99. The number of amides is 1. The number of non-ortho nitro benzene ring substituents is 1. The number of hydrogen-bond donors (Lipinski definition) is 2. The number of carbonyl (C=O) groups excluding carboxylic acids is 1. The van der Waals surface area contributed by atoms with Crippen LogP contribution in [0.2, 0.25) is 5.02 Å². The van der Waals surface area contributed by atoms with Crippen molar-refractivity contribution in [2.45, 2.75) is 24.8 Å². The maximum atomic E-state index is 12.2. The first-order valence-electron chi connectivity index (χ1n) is 6.89. The van der Waals surface area contributed by atoms with Crippen LogP contribution in [0.5, 0.6) is 0 Å². The summed E-state index contributed by atoms with van der Waals surface area (Å²) in [6.07, 6.45) is 0.610. The molecule has 1 fully saturated rings. The summed E-state index contributed by atoms with van der Waals surface area (Å²) in [7, 11) is 0. The molecule has 1 aromatic rings. The van der Waals surface area contributed by atoms with Gasteiger partial charge < -0.3 is 10.4 Å². The number of rotatable bonds is 5. The first-order chi connectivity index (χ1) is 10.8. The Kier molecular flexibility index (Phi) is 5.48. The van der Waals surface area contributed by atoms with Crippen LogP contribution in [0.25, 0.3) is 0 Å². The highest BCUT2D eigenvalue weighted by atomic mass is 35.5. The highest BCUT2D eigenvalue weighted by Gasteiger charge is 2.41. The van der Waals surface area contributed by atoms with Crippen molar-refractivity contribution in [3.8, 4) is 0 Å². The molecule has 2 rings (SSSR count). The summed E-state index contributed by atoms with van der Waals surface area (Å²) in [4.78, 5) is 33.8. The Labute approximate surface area is 141 Å². The van der Waals surface area contributed by atoms with Crippen LogP contribution in [-0.4, -0.2) is 39.0 Å². The molecule has 7 nitrogen and oxygen atoms in total. The summed E-state index contributed by atoms with van der Waals surface area (Å²) in [6, 6.07) is 3.84. The number of carboxylic acids is 1. The van der Waals surface area contributed by atoms with E-state index in [-0.39, 0.29) is 17.1 Å². The number of hydrogen-bond acceptors (Lipinski definition) is 5. The molecule has 0 spiro atoms. The van der Waals surface area contributed by atoms with Crippen LogP contribution in [0.3, 0.4) is 0 Å². The molecule has 1 heterocycles. The van der Waals surface area contributed by atoms with E-state index in [0.717, 1.165) is 0 Å². The van der Waals surface area contributed by atoms with Crippen LogP contribution in [0.1, 0.15) is 18.4 Å². The molecule has 0 aliphatic carbocycles. The minimum absolute atomic E-state index is 0.109. The van der Waals surface area contributed by atoms with Gasteiger partial charge >= 0.3 is 5.97 Å². The quantitative estimate of drug-likeness (QED) is 0.617. The van der Waals surface area contributed by atoms with Gasteiger partial charge in [-0.25, -0.2) is 4.79 Å². The Balaban J connectivity index is 2.09. The molecule has 0 aromatic heterocycles. The normalized spacial score (nSPS) is 16.6. The van der Waals surface area contributed by atoms with E-state index >= 15 is 0 Å². The number of halogens is 1. The van der Waals surface area contributed by atoms with E-state index in [2.05, 4.69) is 5.32 Å². The van der Waals surface area contributed by atoms with E-state index in [0.29, 0.717) is 29.9 Å². The van der Waals surface area contributed by atoms with Crippen molar-refractivity contribution < 1.29 is 19.6 Å². The number of benzene rings is 1. The number of carbonyl (C=O) groups is 2. The van der Waals surface area contributed by atoms with Crippen LogP contribution in [-0.2, 0) is 16.0 Å². The Morgan fingerprint density at radius 2 is 2.04 bits per heavy atom. The van der Waals surface area contributed by atoms with Gasteiger partial charge in [-0.3, -0.25) is 14.9 Å². The predicted molar refractivity (Wildman–Crippen MR) is 86.9 cm³/mol. The lowest BCUT2D eigenvalue weighted by Gasteiger charge is -2.33. The van der Waals surface area contributed by atoms with E-state index in [1.807, 2.05) is 0 Å². The molecule has 124 valence electrons. The lowest BCUT2D eigenvalue weighted by molar-refractivity contribution is -0.384. The summed E-state index contributed by atoms with van der Waals surface area (Å²) >= 11 is 7.61. The van der Waals surface area contributed by atoms with Gasteiger partial charge in [0.2, 0.25) is 5.91 Å². The number of nitro benzene ring substituents is 1. The van der Waals surface area contributed by atoms with Crippen molar-refractivity contribution in [2.75, 3.05) is 11.5 Å². The lowest BCUT2D eigenvalue weighted by atomic mass is 9.92. The molecular weight excluding hydrogens is 344 g/mol. The number of nitro groups is 1. The van der Waals surface area contributed by atoms with Gasteiger partial charge in [0.15, 0.2) is 0 Å². The van der Waals surface area contributed by atoms with Crippen molar-refractivity contribution in [1.29, 1.82) is 0 Å². The maximum absolute atomic E-state index is 12.2. The van der Waals surface area contributed by atoms with Gasteiger partial charge in [-0.15, -0.1) is 0 Å². The average molecular weight is 359 g/mol. The first kappa shape index (κ1) is 17.6. The van der Waals surface area contributed by atoms with E-state index < -0.39 is 22.3 Å². The minimum atomic E-state index is -1.24. The van der Waals surface area contributed by atoms with Crippen molar-refractivity contribution in [3.63, 3.8) is 0 Å². The van der Waals surface area contributed by atoms with Gasteiger partial charge in [-0.1, -0.05) is 17.7 Å². The van der Waals surface area contributed by atoms with Gasteiger partial charge in [-0.2, -0.15) is 11.8 Å². The number of nitrogens with one attached hydrogen (secondary N) is 1. The SMILES string of the molecule is O=C(Cc1ccc([N+](=O)[O-])cc1Cl)NC1(C(=O)O)CCSCC1. The summed E-state index contributed by atoms with van der Waals surface area (Å²) in [5, 5.41) is 22.8. The topological polar surface area (TPSA) is 110 Å². The van der Waals surface area contributed by atoms with Crippen LogP contribution >= 0.6 is 23.4 Å². The third-order valence-corrected chi connectivity index (χ3v) is 5.07. The van der Waals surface area contributed by atoms with E-state index in [4.69, 9.17) is 11.6 Å². The third kappa shape index (κ3) is 4.14. The van der Waals surface area contributed by atoms with Gasteiger partial charge in [0.1, 0.15) is 5.54 Å². The largest absolute Gasteiger partial charge is 0.480 e. The molecule has 1 amide bonds. The number of thioether (sulfide) groups is 1. The highest BCUT2D eigenvalue weighted by Crippen LogP contribution is 2.28. The minimum Gasteiger partial charge on any atom is -0.480 e. The zero-order valence-corrected chi connectivity index (χ0v) is 13.7. The molecule has 0 saturated carbocycles. The molecule has 2 N–H and O–H groups in total. The number of carboxylic acid groups (broad SMARTS) is 1. The molecule has 23 heavy (non-hydrogen) atoms. The summed E-state index contributed by atoms with van der Waals surface area (Å²) < 4.78 is 0. The van der Waals surface area contributed by atoms with Crippen LogP contribution < -0.4 is 5.32 Å².